The zero-order chi connectivity index (χ0) is 23.6. The average molecular weight is 481 g/mol. The first-order valence-electron chi connectivity index (χ1n) is 10.2. The summed E-state index contributed by atoms with van der Waals surface area (Å²) in [7, 11) is -3.71. The van der Waals surface area contributed by atoms with Crippen LogP contribution in [0.3, 0.4) is 0 Å². The van der Waals surface area contributed by atoms with Gasteiger partial charge in [0, 0.05) is 29.6 Å². The van der Waals surface area contributed by atoms with E-state index < -0.39 is 15.8 Å². The Morgan fingerprint density at radius 2 is 1.70 bits per heavy atom. The third kappa shape index (κ3) is 4.69. The molecule has 4 aromatic rings. The number of aliphatic carboxylic acids is 1. The van der Waals surface area contributed by atoms with Crippen molar-refractivity contribution in [1.82, 2.24) is 9.55 Å². The first kappa shape index (κ1) is 22.8. The van der Waals surface area contributed by atoms with Crippen LogP contribution in [0.15, 0.2) is 88.8 Å². The standard InChI is InChI=1S/C25H21ClN2O4S/c1-17-20(14-22(28(17)16-25(29)30)18-11-12-27-24(26)15-18)13-19-7-5-6-10-23(19)33(31,32)21-8-3-2-4-9-21/h2-12,14-15H,13,16H2,1H3,(H,29,30). The Kier molecular flexibility index (Phi) is 6.35. The molecule has 2 aromatic carbocycles. The van der Waals surface area contributed by atoms with Crippen molar-refractivity contribution in [3.05, 3.63) is 101 Å². The summed E-state index contributed by atoms with van der Waals surface area (Å²) in [6, 6.07) is 20.5. The van der Waals surface area contributed by atoms with E-state index >= 15 is 0 Å². The number of benzene rings is 2. The van der Waals surface area contributed by atoms with Gasteiger partial charge in [0.2, 0.25) is 9.84 Å². The molecule has 0 amide bonds. The molecule has 0 atom stereocenters. The molecule has 0 aliphatic heterocycles. The summed E-state index contributed by atoms with van der Waals surface area (Å²) in [6.07, 6.45) is 1.89. The normalized spacial score (nSPS) is 11.5. The van der Waals surface area contributed by atoms with Crippen LogP contribution >= 0.6 is 11.6 Å². The third-order valence-electron chi connectivity index (χ3n) is 5.48. The molecular formula is C25H21ClN2O4S. The highest BCUT2D eigenvalue weighted by atomic mass is 35.5. The quantitative estimate of drug-likeness (QED) is 0.375. The van der Waals surface area contributed by atoms with E-state index in [2.05, 4.69) is 4.98 Å². The number of pyridine rings is 1. The molecular weight excluding hydrogens is 460 g/mol. The van der Waals surface area contributed by atoms with Gasteiger partial charge in [-0.3, -0.25) is 4.79 Å². The first-order chi connectivity index (χ1) is 15.8. The highest BCUT2D eigenvalue weighted by molar-refractivity contribution is 7.91. The number of carboxylic acids is 1. The van der Waals surface area contributed by atoms with Crippen LogP contribution in [0.25, 0.3) is 11.3 Å². The summed E-state index contributed by atoms with van der Waals surface area (Å²) in [5, 5.41) is 9.75. The second-order valence-electron chi connectivity index (χ2n) is 7.59. The maximum atomic E-state index is 13.3. The molecule has 6 nitrogen and oxygen atoms in total. The summed E-state index contributed by atoms with van der Waals surface area (Å²) in [4.78, 5) is 16.0. The van der Waals surface area contributed by atoms with Crippen molar-refractivity contribution in [2.24, 2.45) is 0 Å². The lowest BCUT2D eigenvalue weighted by atomic mass is 10.0. The Labute approximate surface area is 197 Å². The van der Waals surface area contributed by atoms with Gasteiger partial charge >= 0.3 is 5.97 Å². The second kappa shape index (κ2) is 9.21. The molecule has 0 saturated carbocycles. The fourth-order valence-electron chi connectivity index (χ4n) is 3.86. The molecule has 0 aliphatic carbocycles. The van der Waals surface area contributed by atoms with Crippen LogP contribution in [-0.2, 0) is 27.6 Å². The number of aromatic nitrogens is 2. The lowest BCUT2D eigenvalue weighted by molar-refractivity contribution is -0.137. The van der Waals surface area contributed by atoms with E-state index in [1.165, 1.54) is 0 Å². The van der Waals surface area contributed by atoms with Gasteiger partial charge in [-0.15, -0.1) is 0 Å². The summed E-state index contributed by atoms with van der Waals surface area (Å²) in [5.74, 6) is -0.978. The fourth-order valence-corrected chi connectivity index (χ4v) is 5.55. The Balaban J connectivity index is 1.81. The first-order valence-corrected chi connectivity index (χ1v) is 12.0. The maximum absolute atomic E-state index is 13.3. The minimum Gasteiger partial charge on any atom is -0.480 e. The molecule has 168 valence electrons. The highest BCUT2D eigenvalue weighted by Gasteiger charge is 2.23. The molecule has 0 unspecified atom stereocenters. The smallest absolute Gasteiger partial charge is 0.323 e. The van der Waals surface area contributed by atoms with Gasteiger partial charge in [0.15, 0.2) is 0 Å². The lowest BCUT2D eigenvalue weighted by Crippen LogP contribution is -2.12. The minimum absolute atomic E-state index is 0.227. The van der Waals surface area contributed by atoms with E-state index in [0.717, 1.165) is 16.8 Å². The van der Waals surface area contributed by atoms with E-state index in [1.807, 2.05) is 13.0 Å². The zero-order valence-corrected chi connectivity index (χ0v) is 19.3. The van der Waals surface area contributed by atoms with Gasteiger partial charge in [0.25, 0.3) is 0 Å². The van der Waals surface area contributed by atoms with Crippen molar-refractivity contribution in [3.63, 3.8) is 0 Å². The number of carbonyl (C=O) groups is 1. The Morgan fingerprint density at radius 3 is 2.39 bits per heavy atom. The average Bonchev–Trinajstić information content (AvgIpc) is 3.09. The van der Waals surface area contributed by atoms with Crippen LogP contribution in [0.4, 0.5) is 0 Å². The van der Waals surface area contributed by atoms with Crippen molar-refractivity contribution in [2.45, 2.75) is 29.7 Å². The number of rotatable bonds is 7. The summed E-state index contributed by atoms with van der Waals surface area (Å²) < 4.78 is 28.3. The molecule has 0 bridgehead atoms. The molecule has 0 saturated heterocycles. The number of halogens is 1. The topological polar surface area (TPSA) is 89.3 Å². The molecule has 2 aromatic heterocycles. The van der Waals surface area contributed by atoms with Gasteiger partial charge in [-0.05, 0) is 54.4 Å². The largest absolute Gasteiger partial charge is 0.480 e. The van der Waals surface area contributed by atoms with Crippen LogP contribution in [0.2, 0.25) is 5.15 Å². The van der Waals surface area contributed by atoms with Crippen LogP contribution in [-0.4, -0.2) is 29.0 Å². The molecule has 0 radical (unpaired) electrons. The monoisotopic (exact) mass is 480 g/mol. The molecule has 4 rings (SSSR count). The Hall–Kier alpha value is -3.42. The Bertz CT molecular complexity index is 1430. The summed E-state index contributed by atoms with van der Waals surface area (Å²) in [6.45, 7) is 1.60. The van der Waals surface area contributed by atoms with Crippen molar-refractivity contribution in [2.75, 3.05) is 0 Å². The number of hydrogen-bond donors (Lipinski definition) is 1. The number of nitrogens with zero attached hydrogens (tertiary/aromatic N) is 2. The van der Waals surface area contributed by atoms with Crippen LogP contribution in [0.5, 0.6) is 0 Å². The predicted molar refractivity (Wildman–Crippen MR) is 126 cm³/mol. The molecule has 2 heterocycles. The number of sulfone groups is 1. The predicted octanol–water partition coefficient (Wildman–Crippen LogP) is 5.02. The van der Waals surface area contributed by atoms with Gasteiger partial charge < -0.3 is 9.67 Å². The van der Waals surface area contributed by atoms with E-state index in [9.17, 15) is 18.3 Å². The van der Waals surface area contributed by atoms with E-state index in [0.29, 0.717) is 22.8 Å². The molecule has 0 aliphatic rings. The molecule has 33 heavy (non-hydrogen) atoms. The van der Waals surface area contributed by atoms with E-state index in [4.69, 9.17) is 11.6 Å². The SMILES string of the molecule is Cc1c(Cc2ccccc2S(=O)(=O)c2ccccc2)cc(-c2ccnc(Cl)c2)n1CC(=O)O. The molecule has 0 spiro atoms. The van der Waals surface area contributed by atoms with Crippen molar-refractivity contribution in [1.29, 1.82) is 0 Å². The van der Waals surface area contributed by atoms with Gasteiger partial charge in [-0.1, -0.05) is 48.0 Å². The lowest BCUT2D eigenvalue weighted by Gasteiger charge is -2.12. The zero-order valence-electron chi connectivity index (χ0n) is 17.8. The third-order valence-corrected chi connectivity index (χ3v) is 7.56. The van der Waals surface area contributed by atoms with Crippen molar-refractivity contribution < 1.29 is 18.3 Å². The number of carboxylic acid groups (broad SMARTS) is 1. The fraction of sp³-hybridized carbons (Fsp3) is 0.120. The number of hydrogen-bond acceptors (Lipinski definition) is 4. The minimum atomic E-state index is -3.71. The van der Waals surface area contributed by atoms with Gasteiger partial charge in [-0.2, -0.15) is 0 Å². The van der Waals surface area contributed by atoms with E-state index in [-0.39, 0.29) is 16.3 Å². The van der Waals surface area contributed by atoms with Gasteiger partial charge in [-0.25, -0.2) is 13.4 Å². The molecule has 1 N–H and O–H groups in total. The summed E-state index contributed by atoms with van der Waals surface area (Å²) in [5.41, 5.74) is 3.62. The van der Waals surface area contributed by atoms with Gasteiger partial charge in [0.05, 0.1) is 9.79 Å². The van der Waals surface area contributed by atoms with Crippen molar-refractivity contribution in [3.8, 4) is 11.3 Å². The van der Waals surface area contributed by atoms with Crippen molar-refractivity contribution >= 4 is 27.4 Å². The van der Waals surface area contributed by atoms with Crippen LogP contribution in [0, 0.1) is 6.92 Å². The second-order valence-corrected chi connectivity index (χ2v) is 9.89. The van der Waals surface area contributed by atoms with E-state index in [1.54, 1.807) is 77.5 Å². The molecule has 0 fully saturated rings. The molecule has 8 heteroatoms. The van der Waals surface area contributed by atoms with Gasteiger partial charge in [0.1, 0.15) is 11.7 Å². The van der Waals surface area contributed by atoms with Crippen LogP contribution < -0.4 is 0 Å². The van der Waals surface area contributed by atoms with Crippen LogP contribution in [0.1, 0.15) is 16.8 Å². The summed E-state index contributed by atoms with van der Waals surface area (Å²) >= 11 is 6.05. The highest BCUT2D eigenvalue weighted by Crippen LogP contribution is 2.31. The Morgan fingerprint density at radius 1 is 1.00 bits per heavy atom. The maximum Gasteiger partial charge on any atom is 0.323 e.